The molecule has 0 saturated carbocycles. The SMILES string of the molecule is CC(C)CNC(=O)C(C)NC1CN(C(=O)OC(C)(C)C)C1. The molecule has 1 saturated heterocycles. The molecule has 2 N–H and O–H groups in total. The van der Waals surface area contributed by atoms with Crippen LogP contribution in [0.1, 0.15) is 41.5 Å². The van der Waals surface area contributed by atoms with Gasteiger partial charge in [-0.25, -0.2) is 4.79 Å². The van der Waals surface area contributed by atoms with Crippen LogP contribution in [0.5, 0.6) is 0 Å². The summed E-state index contributed by atoms with van der Waals surface area (Å²) in [5, 5.41) is 6.12. The summed E-state index contributed by atoms with van der Waals surface area (Å²) in [6.07, 6.45) is -0.294. The van der Waals surface area contributed by atoms with Gasteiger partial charge in [-0.15, -0.1) is 0 Å². The highest BCUT2D eigenvalue weighted by molar-refractivity contribution is 5.81. The van der Waals surface area contributed by atoms with Gasteiger partial charge in [0.15, 0.2) is 0 Å². The predicted molar refractivity (Wildman–Crippen MR) is 82.0 cm³/mol. The third-order valence-corrected chi connectivity index (χ3v) is 3.10. The Morgan fingerprint density at radius 3 is 2.29 bits per heavy atom. The molecule has 0 spiro atoms. The largest absolute Gasteiger partial charge is 0.444 e. The molecule has 1 heterocycles. The molecule has 2 amide bonds. The van der Waals surface area contributed by atoms with E-state index in [9.17, 15) is 9.59 Å². The van der Waals surface area contributed by atoms with Crippen LogP contribution in [0.4, 0.5) is 4.79 Å². The van der Waals surface area contributed by atoms with E-state index in [4.69, 9.17) is 4.74 Å². The van der Waals surface area contributed by atoms with E-state index in [0.29, 0.717) is 25.6 Å². The third kappa shape index (κ3) is 6.33. The second-order valence-electron chi connectivity index (χ2n) is 7.11. The molecule has 6 nitrogen and oxygen atoms in total. The number of carbonyl (C=O) groups is 2. The first-order valence-corrected chi connectivity index (χ1v) is 7.60. The monoisotopic (exact) mass is 299 g/mol. The zero-order chi connectivity index (χ0) is 16.2. The maximum Gasteiger partial charge on any atom is 0.410 e. The smallest absolute Gasteiger partial charge is 0.410 e. The molecular formula is C15H29N3O3. The molecule has 1 unspecified atom stereocenters. The van der Waals surface area contributed by atoms with Gasteiger partial charge >= 0.3 is 6.09 Å². The molecule has 1 aliphatic heterocycles. The molecule has 1 rings (SSSR count). The zero-order valence-electron chi connectivity index (χ0n) is 14.0. The number of likely N-dealkylation sites (tertiary alicyclic amines) is 1. The summed E-state index contributed by atoms with van der Waals surface area (Å²) >= 11 is 0. The maximum absolute atomic E-state index is 11.8. The highest BCUT2D eigenvalue weighted by atomic mass is 16.6. The Morgan fingerprint density at radius 1 is 1.24 bits per heavy atom. The first-order chi connectivity index (χ1) is 9.58. The van der Waals surface area contributed by atoms with Crippen molar-refractivity contribution in [1.82, 2.24) is 15.5 Å². The second kappa shape index (κ2) is 7.11. The van der Waals surface area contributed by atoms with Gasteiger partial charge in [-0.2, -0.15) is 0 Å². The van der Waals surface area contributed by atoms with Crippen molar-refractivity contribution >= 4 is 12.0 Å². The molecular weight excluding hydrogens is 270 g/mol. The molecule has 122 valence electrons. The van der Waals surface area contributed by atoms with Crippen LogP contribution >= 0.6 is 0 Å². The van der Waals surface area contributed by atoms with Crippen LogP contribution in [0, 0.1) is 5.92 Å². The van der Waals surface area contributed by atoms with E-state index < -0.39 is 5.60 Å². The first kappa shape index (κ1) is 17.8. The van der Waals surface area contributed by atoms with Gasteiger partial charge in [0.2, 0.25) is 5.91 Å². The number of carbonyl (C=O) groups excluding carboxylic acids is 2. The van der Waals surface area contributed by atoms with Gasteiger partial charge in [0, 0.05) is 25.7 Å². The number of ether oxygens (including phenoxy) is 1. The maximum atomic E-state index is 11.8. The Bertz CT molecular complexity index is 371. The minimum atomic E-state index is -0.473. The van der Waals surface area contributed by atoms with E-state index in [1.165, 1.54) is 0 Å². The van der Waals surface area contributed by atoms with E-state index >= 15 is 0 Å². The molecule has 0 aromatic rings. The fraction of sp³-hybridized carbons (Fsp3) is 0.867. The topological polar surface area (TPSA) is 70.7 Å². The summed E-state index contributed by atoms with van der Waals surface area (Å²) in [6, 6.07) is -0.105. The summed E-state index contributed by atoms with van der Waals surface area (Å²) in [7, 11) is 0. The average Bonchev–Trinajstić information content (AvgIpc) is 2.27. The number of nitrogens with zero attached hydrogens (tertiary/aromatic N) is 1. The molecule has 21 heavy (non-hydrogen) atoms. The van der Waals surface area contributed by atoms with Gasteiger partial charge < -0.3 is 15.0 Å². The molecule has 0 aromatic heterocycles. The van der Waals surface area contributed by atoms with Crippen LogP contribution < -0.4 is 10.6 Å². The molecule has 6 heteroatoms. The first-order valence-electron chi connectivity index (χ1n) is 7.60. The Labute approximate surface area is 127 Å². The van der Waals surface area contributed by atoms with E-state index in [-0.39, 0.29) is 24.1 Å². The minimum absolute atomic E-state index is 0.000539. The van der Waals surface area contributed by atoms with Crippen molar-refractivity contribution in [1.29, 1.82) is 0 Å². The molecule has 0 bridgehead atoms. The van der Waals surface area contributed by atoms with Crippen LogP contribution in [-0.4, -0.2) is 54.2 Å². The highest BCUT2D eigenvalue weighted by Gasteiger charge is 2.34. The van der Waals surface area contributed by atoms with Crippen molar-refractivity contribution in [3.05, 3.63) is 0 Å². The average molecular weight is 299 g/mol. The summed E-state index contributed by atoms with van der Waals surface area (Å²) in [5.74, 6) is 0.437. The lowest BCUT2D eigenvalue weighted by Gasteiger charge is -2.41. The van der Waals surface area contributed by atoms with Crippen LogP contribution in [0.25, 0.3) is 0 Å². The molecule has 1 aliphatic rings. The molecule has 0 aliphatic carbocycles. The van der Waals surface area contributed by atoms with Gasteiger partial charge in [-0.3, -0.25) is 10.1 Å². The van der Waals surface area contributed by atoms with E-state index in [0.717, 1.165) is 0 Å². The Kier molecular flexibility index (Phi) is 6.01. The molecule has 1 atom stereocenters. The van der Waals surface area contributed by atoms with Crippen LogP contribution in [0.3, 0.4) is 0 Å². The van der Waals surface area contributed by atoms with Crippen molar-refractivity contribution in [2.45, 2.75) is 59.2 Å². The summed E-state index contributed by atoms with van der Waals surface area (Å²) in [6.45, 7) is 13.3. The van der Waals surface area contributed by atoms with Gasteiger partial charge in [-0.05, 0) is 33.6 Å². The van der Waals surface area contributed by atoms with Gasteiger partial charge in [0.25, 0.3) is 0 Å². The van der Waals surface area contributed by atoms with Crippen molar-refractivity contribution in [2.24, 2.45) is 5.92 Å². The van der Waals surface area contributed by atoms with Crippen molar-refractivity contribution < 1.29 is 14.3 Å². The summed E-state index contributed by atoms with van der Waals surface area (Å²) in [5.41, 5.74) is -0.473. The standard InChI is InChI=1S/C15H29N3O3/c1-10(2)7-16-13(19)11(3)17-12-8-18(9-12)14(20)21-15(4,5)6/h10-12,17H,7-9H2,1-6H3,(H,16,19). The van der Waals surface area contributed by atoms with Crippen molar-refractivity contribution in [3.63, 3.8) is 0 Å². The normalized spacial score (nSPS) is 17.4. The summed E-state index contributed by atoms with van der Waals surface area (Å²) < 4.78 is 5.29. The van der Waals surface area contributed by atoms with Gasteiger partial charge in [0.05, 0.1) is 6.04 Å². The van der Waals surface area contributed by atoms with Gasteiger partial charge in [-0.1, -0.05) is 13.8 Å². The predicted octanol–water partition coefficient (Wildman–Crippen LogP) is 1.36. The Balaban J connectivity index is 2.25. The van der Waals surface area contributed by atoms with E-state index in [1.807, 2.05) is 27.7 Å². The second-order valence-corrected chi connectivity index (χ2v) is 7.11. The Morgan fingerprint density at radius 2 is 1.81 bits per heavy atom. The number of nitrogens with one attached hydrogen (secondary N) is 2. The highest BCUT2D eigenvalue weighted by Crippen LogP contribution is 2.15. The van der Waals surface area contributed by atoms with Crippen LogP contribution in [0.15, 0.2) is 0 Å². The molecule has 0 aromatic carbocycles. The third-order valence-electron chi connectivity index (χ3n) is 3.10. The van der Waals surface area contributed by atoms with Crippen LogP contribution in [-0.2, 0) is 9.53 Å². The van der Waals surface area contributed by atoms with E-state index in [1.54, 1.807) is 4.90 Å². The Hall–Kier alpha value is -1.30. The minimum Gasteiger partial charge on any atom is -0.444 e. The van der Waals surface area contributed by atoms with Crippen LogP contribution in [0.2, 0.25) is 0 Å². The zero-order valence-corrected chi connectivity index (χ0v) is 14.0. The molecule has 0 radical (unpaired) electrons. The number of hydrogen-bond acceptors (Lipinski definition) is 4. The number of amides is 2. The van der Waals surface area contributed by atoms with Crippen molar-refractivity contribution in [3.8, 4) is 0 Å². The lowest BCUT2D eigenvalue weighted by atomic mass is 10.1. The van der Waals surface area contributed by atoms with Crippen molar-refractivity contribution in [2.75, 3.05) is 19.6 Å². The lowest BCUT2D eigenvalue weighted by Crippen LogP contribution is -2.63. The fourth-order valence-corrected chi connectivity index (χ4v) is 1.95. The van der Waals surface area contributed by atoms with Gasteiger partial charge in [0.1, 0.15) is 5.60 Å². The van der Waals surface area contributed by atoms with E-state index in [2.05, 4.69) is 24.5 Å². The number of rotatable bonds is 5. The fourth-order valence-electron chi connectivity index (χ4n) is 1.95. The quantitative estimate of drug-likeness (QED) is 0.804. The lowest BCUT2D eigenvalue weighted by molar-refractivity contribution is -0.123. The number of hydrogen-bond donors (Lipinski definition) is 2. The summed E-state index contributed by atoms with van der Waals surface area (Å²) in [4.78, 5) is 25.3. The molecule has 1 fully saturated rings.